The molecule has 1 aliphatic rings. The van der Waals surface area contributed by atoms with Crippen molar-refractivity contribution >= 4 is 30.1 Å². The summed E-state index contributed by atoms with van der Waals surface area (Å²) < 4.78 is 13.4. The molecular weight excluding hydrogens is 335 g/mol. The van der Waals surface area contributed by atoms with Gasteiger partial charge in [0.1, 0.15) is 5.82 Å². The van der Waals surface area contributed by atoms with E-state index in [2.05, 4.69) is 12.2 Å². The van der Waals surface area contributed by atoms with E-state index in [1.165, 1.54) is 25.0 Å². The maximum Gasteiger partial charge on any atom is 0.224 e. The van der Waals surface area contributed by atoms with Gasteiger partial charge in [0.2, 0.25) is 5.91 Å². The largest absolute Gasteiger partial charge is 0.333 e. The molecule has 23 heavy (non-hydrogen) atoms. The maximum atomic E-state index is 13.4. The summed E-state index contributed by atoms with van der Waals surface area (Å²) in [5.41, 5.74) is 0.874. The summed E-state index contributed by atoms with van der Waals surface area (Å²) in [6, 6.07) is 6.53. The summed E-state index contributed by atoms with van der Waals surface area (Å²) >= 11 is 1.85. The molecule has 1 heterocycles. The summed E-state index contributed by atoms with van der Waals surface area (Å²) in [5.74, 6) is 1.93. The number of carbonyl (C=O) groups excluding carboxylic acids is 1. The second kappa shape index (κ2) is 10.9. The number of piperazine rings is 1. The van der Waals surface area contributed by atoms with E-state index in [1.54, 1.807) is 6.07 Å². The molecule has 0 aliphatic carbocycles. The van der Waals surface area contributed by atoms with E-state index in [-0.39, 0.29) is 30.2 Å². The number of hydrogen-bond acceptors (Lipinski definition) is 3. The Morgan fingerprint density at radius 1 is 1.43 bits per heavy atom. The summed E-state index contributed by atoms with van der Waals surface area (Å²) in [5, 5.41) is 3.30. The lowest BCUT2D eigenvalue weighted by molar-refractivity contribution is -0.134. The van der Waals surface area contributed by atoms with Crippen molar-refractivity contribution in [2.24, 2.45) is 0 Å². The number of rotatable bonds is 7. The van der Waals surface area contributed by atoms with Gasteiger partial charge < -0.3 is 10.2 Å². The predicted molar refractivity (Wildman–Crippen MR) is 97.8 cm³/mol. The first-order valence-corrected chi connectivity index (χ1v) is 9.21. The lowest BCUT2D eigenvalue weighted by Crippen LogP contribution is -2.48. The van der Waals surface area contributed by atoms with E-state index in [0.29, 0.717) is 19.5 Å². The zero-order valence-corrected chi connectivity index (χ0v) is 15.2. The Labute approximate surface area is 148 Å². The fourth-order valence-corrected chi connectivity index (χ4v) is 3.68. The second-order valence-electron chi connectivity index (χ2n) is 5.58. The van der Waals surface area contributed by atoms with Crippen LogP contribution >= 0.6 is 24.2 Å². The van der Waals surface area contributed by atoms with E-state index >= 15 is 0 Å². The summed E-state index contributed by atoms with van der Waals surface area (Å²) in [6.07, 6.45) is 2.97. The predicted octanol–water partition coefficient (Wildman–Crippen LogP) is 3.64. The quantitative estimate of drug-likeness (QED) is 0.753. The van der Waals surface area contributed by atoms with E-state index in [1.807, 2.05) is 22.7 Å². The minimum atomic E-state index is -0.245. The number of hydrogen-bond donors (Lipinski definition) is 1. The van der Waals surface area contributed by atoms with Gasteiger partial charge in [-0.05, 0) is 29.9 Å². The lowest BCUT2D eigenvalue weighted by atomic mass is 10.0. The highest BCUT2D eigenvalue weighted by molar-refractivity contribution is 7.99. The summed E-state index contributed by atoms with van der Waals surface area (Å²) in [6.45, 7) is 4.37. The minimum Gasteiger partial charge on any atom is -0.333 e. The van der Waals surface area contributed by atoms with Gasteiger partial charge in [0, 0.05) is 31.8 Å². The van der Waals surface area contributed by atoms with Gasteiger partial charge in [0.05, 0.1) is 6.04 Å². The van der Waals surface area contributed by atoms with Crippen LogP contribution in [0.4, 0.5) is 4.39 Å². The zero-order valence-electron chi connectivity index (χ0n) is 13.6. The monoisotopic (exact) mass is 360 g/mol. The van der Waals surface area contributed by atoms with Gasteiger partial charge in [-0.1, -0.05) is 25.5 Å². The van der Waals surface area contributed by atoms with Gasteiger partial charge in [-0.3, -0.25) is 4.79 Å². The van der Waals surface area contributed by atoms with Gasteiger partial charge in [-0.25, -0.2) is 4.39 Å². The number of thioether (sulfide) groups is 1. The Hall–Kier alpha value is -0.780. The summed E-state index contributed by atoms with van der Waals surface area (Å²) in [4.78, 5) is 14.4. The maximum absolute atomic E-state index is 13.4. The molecule has 0 saturated carbocycles. The Morgan fingerprint density at radius 3 is 3.00 bits per heavy atom. The van der Waals surface area contributed by atoms with Crippen molar-refractivity contribution in [1.29, 1.82) is 0 Å². The molecule has 1 atom stereocenters. The topological polar surface area (TPSA) is 32.3 Å². The van der Waals surface area contributed by atoms with Crippen molar-refractivity contribution in [2.75, 3.05) is 31.1 Å². The molecule has 1 amide bonds. The molecule has 0 spiro atoms. The van der Waals surface area contributed by atoms with Crippen LogP contribution in [0.25, 0.3) is 0 Å². The molecule has 2 rings (SSSR count). The zero-order chi connectivity index (χ0) is 15.8. The van der Waals surface area contributed by atoms with Gasteiger partial charge in [-0.15, -0.1) is 12.4 Å². The third-order valence-corrected chi connectivity index (χ3v) is 4.97. The molecule has 1 saturated heterocycles. The van der Waals surface area contributed by atoms with Crippen molar-refractivity contribution in [3.63, 3.8) is 0 Å². The molecule has 6 heteroatoms. The number of nitrogens with zero attached hydrogens (tertiary/aromatic N) is 1. The number of carbonyl (C=O) groups is 1. The molecule has 1 aliphatic heterocycles. The van der Waals surface area contributed by atoms with Crippen molar-refractivity contribution in [1.82, 2.24) is 10.2 Å². The van der Waals surface area contributed by atoms with Crippen LogP contribution in [0.2, 0.25) is 0 Å². The van der Waals surface area contributed by atoms with E-state index in [9.17, 15) is 9.18 Å². The number of nitrogens with one attached hydrogen (secondary N) is 1. The number of amides is 1. The highest BCUT2D eigenvalue weighted by Crippen LogP contribution is 2.24. The number of halogens is 2. The van der Waals surface area contributed by atoms with Crippen LogP contribution in [0, 0.1) is 5.82 Å². The van der Waals surface area contributed by atoms with Gasteiger partial charge in [-0.2, -0.15) is 11.8 Å². The first-order chi connectivity index (χ1) is 10.7. The van der Waals surface area contributed by atoms with Crippen molar-refractivity contribution in [3.05, 3.63) is 35.6 Å². The fraction of sp³-hybridized carbons (Fsp3) is 0.588. The third kappa shape index (κ3) is 6.32. The standard InChI is InChI=1S/C17H25FN2OS.ClH/c1-2-3-10-22-11-7-17(21)20-9-8-19-13-16(20)14-5-4-6-15(18)12-14;/h4-6,12,16,19H,2-3,7-11,13H2,1H3;1H. The van der Waals surface area contributed by atoms with Crippen LogP contribution < -0.4 is 5.32 Å². The molecule has 1 N–H and O–H groups in total. The fourth-order valence-electron chi connectivity index (χ4n) is 2.67. The Kier molecular flexibility index (Phi) is 9.60. The normalized spacial score (nSPS) is 17.7. The molecule has 130 valence electrons. The molecule has 3 nitrogen and oxygen atoms in total. The third-order valence-electron chi connectivity index (χ3n) is 3.90. The molecule has 1 aromatic rings. The van der Waals surface area contributed by atoms with Crippen molar-refractivity contribution in [3.8, 4) is 0 Å². The van der Waals surface area contributed by atoms with Crippen molar-refractivity contribution in [2.45, 2.75) is 32.2 Å². The molecular formula is C17H26ClFN2OS. The second-order valence-corrected chi connectivity index (χ2v) is 6.80. The Balaban J connectivity index is 0.00000264. The van der Waals surface area contributed by atoms with Crippen LogP contribution in [0.1, 0.15) is 37.8 Å². The van der Waals surface area contributed by atoms with Crippen LogP contribution in [-0.4, -0.2) is 41.9 Å². The first-order valence-electron chi connectivity index (χ1n) is 8.05. The SMILES string of the molecule is CCCCSCCC(=O)N1CCNCC1c1cccc(F)c1.Cl. The van der Waals surface area contributed by atoms with Crippen LogP contribution in [0.3, 0.4) is 0 Å². The van der Waals surface area contributed by atoms with E-state index in [4.69, 9.17) is 0 Å². The molecule has 1 aromatic carbocycles. The molecule has 0 aromatic heterocycles. The van der Waals surface area contributed by atoms with Crippen LogP contribution in [0.15, 0.2) is 24.3 Å². The lowest BCUT2D eigenvalue weighted by Gasteiger charge is -2.36. The number of unbranched alkanes of at least 4 members (excludes halogenated alkanes) is 1. The Morgan fingerprint density at radius 2 is 2.26 bits per heavy atom. The number of benzene rings is 1. The average Bonchev–Trinajstić information content (AvgIpc) is 2.54. The van der Waals surface area contributed by atoms with Crippen LogP contribution in [0.5, 0.6) is 0 Å². The minimum absolute atomic E-state index is 0. The molecule has 1 fully saturated rings. The highest BCUT2D eigenvalue weighted by Gasteiger charge is 2.27. The van der Waals surface area contributed by atoms with Gasteiger partial charge in [0.25, 0.3) is 0 Å². The van der Waals surface area contributed by atoms with E-state index in [0.717, 1.165) is 23.6 Å². The van der Waals surface area contributed by atoms with E-state index < -0.39 is 0 Å². The smallest absolute Gasteiger partial charge is 0.224 e. The van der Waals surface area contributed by atoms with Gasteiger partial charge >= 0.3 is 0 Å². The summed E-state index contributed by atoms with van der Waals surface area (Å²) in [7, 11) is 0. The average molecular weight is 361 g/mol. The molecule has 1 unspecified atom stereocenters. The Bertz CT molecular complexity index is 489. The van der Waals surface area contributed by atoms with Crippen molar-refractivity contribution < 1.29 is 9.18 Å². The molecule has 0 bridgehead atoms. The highest BCUT2D eigenvalue weighted by atomic mass is 35.5. The van der Waals surface area contributed by atoms with Gasteiger partial charge in [0.15, 0.2) is 0 Å². The molecule has 0 radical (unpaired) electrons. The van der Waals surface area contributed by atoms with Crippen LogP contribution in [-0.2, 0) is 4.79 Å². The first kappa shape index (κ1) is 20.3.